The van der Waals surface area contributed by atoms with Crippen molar-refractivity contribution in [1.29, 1.82) is 0 Å². The number of aromatic nitrogens is 3. The van der Waals surface area contributed by atoms with Crippen LogP contribution < -0.4 is 0 Å². The van der Waals surface area contributed by atoms with E-state index in [4.69, 9.17) is 25.7 Å². The first-order valence-corrected chi connectivity index (χ1v) is 9.88. The van der Waals surface area contributed by atoms with Crippen molar-refractivity contribution in [2.45, 2.75) is 60.3 Å². The highest BCUT2D eigenvalue weighted by atomic mass is 35.5. The van der Waals surface area contributed by atoms with Crippen LogP contribution in [0.15, 0.2) is 16.8 Å². The number of hydrogen-bond donors (Lipinski definition) is 0. The number of rotatable bonds is 7. The van der Waals surface area contributed by atoms with Crippen LogP contribution in [0.5, 0.6) is 0 Å². The summed E-state index contributed by atoms with van der Waals surface area (Å²) in [5.41, 5.74) is -0.0328. The summed E-state index contributed by atoms with van der Waals surface area (Å²) in [4.78, 5) is 37.3. The van der Waals surface area contributed by atoms with Crippen molar-refractivity contribution in [3.63, 3.8) is 0 Å². The maximum absolute atomic E-state index is 11.2. The zero-order chi connectivity index (χ0) is 23.5. The Hall–Kier alpha value is -2.88. The van der Waals surface area contributed by atoms with Gasteiger partial charge in [-0.15, -0.1) is 0 Å². The van der Waals surface area contributed by atoms with E-state index in [9.17, 15) is 14.9 Å². The van der Waals surface area contributed by atoms with Gasteiger partial charge < -0.3 is 14.1 Å². The molecule has 0 N–H and O–H groups in total. The second-order valence-electron chi connectivity index (χ2n) is 5.16. The van der Waals surface area contributed by atoms with Crippen LogP contribution >= 0.6 is 11.6 Å². The molecule has 2 rings (SSSR count). The number of aryl methyl sites for hydroxylation is 1. The van der Waals surface area contributed by atoms with Crippen LogP contribution in [0.1, 0.15) is 59.8 Å². The van der Waals surface area contributed by atoms with Crippen molar-refractivity contribution in [3.8, 4) is 11.5 Å². The van der Waals surface area contributed by atoms with Gasteiger partial charge in [-0.1, -0.05) is 50.9 Å². The molecule has 0 aliphatic rings. The van der Waals surface area contributed by atoms with E-state index in [2.05, 4.69) is 29.0 Å². The molecule has 0 atom stereocenters. The number of nitro groups is 1. The summed E-state index contributed by atoms with van der Waals surface area (Å²) in [6.45, 7) is 12.3. The molecule has 10 nitrogen and oxygen atoms in total. The van der Waals surface area contributed by atoms with Crippen LogP contribution in [0.2, 0.25) is 5.02 Å². The van der Waals surface area contributed by atoms with E-state index in [0.29, 0.717) is 25.3 Å². The minimum Gasteiger partial charge on any atom is -0.466 e. The van der Waals surface area contributed by atoms with Crippen molar-refractivity contribution in [1.82, 2.24) is 15.1 Å². The third-order valence-electron chi connectivity index (χ3n) is 2.79. The Kier molecular flexibility index (Phi) is 17.8. The number of pyridine rings is 1. The number of carbonyl (C=O) groups is 2. The Bertz CT molecular complexity index is 754. The number of hydrogen-bond acceptors (Lipinski definition) is 9. The molecule has 168 valence electrons. The van der Waals surface area contributed by atoms with E-state index in [0.717, 1.165) is 6.20 Å². The Balaban J connectivity index is 0. The highest BCUT2D eigenvalue weighted by Crippen LogP contribution is 2.26. The van der Waals surface area contributed by atoms with Crippen molar-refractivity contribution in [3.05, 3.63) is 33.3 Å². The molecule has 0 aromatic carbocycles. The van der Waals surface area contributed by atoms with Crippen LogP contribution in [-0.4, -0.2) is 39.4 Å². The first-order chi connectivity index (χ1) is 14.4. The Morgan fingerprint density at radius 2 is 1.90 bits per heavy atom. The molecule has 0 aliphatic heterocycles. The topological polar surface area (TPSA) is 138 Å². The van der Waals surface area contributed by atoms with E-state index in [-0.39, 0.29) is 34.6 Å². The van der Waals surface area contributed by atoms with Crippen molar-refractivity contribution < 1.29 is 23.8 Å². The van der Waals surface area contributed by atoms with Gasteiger partial charge in [-0.3, -0.25) is 14.9 Å². The normalized spacial score (nSPS) is 9.00. The lowest BCUT2D eigenvalue weighted by molar-refractivity contribution is -0.385. The minimum absolute atomic E-state index is 0.0538. The summed E-state index contributed by atoms with van der Waals surface area (Å²) >= 11 is 5.95. The van der Waals surface area contributed by atoms with Gasteiger partial charge in [-0.2, -0.15) is 4.98 Å². The molecule has 0 fully saturated rings. The lowest BCUT2D eigenvalue weighted by atomic mass is 10.2. The Morgan fingerprint density at radius 3 is 2.40 bits per heavy atom. The molecule has 0 unspecified atom stereocenters. The average Bonchev–Trinajstić information content (AvgIpc) is 3.20. The summed E-state index contributed by atoms with van der Waals surface area (Å²) in [7, 11) is 0. The highest BCUT2D eigenvalue weighted by molar-refractivity contribution is 6.33. The summed E-state index contributed by atoms with van der Waals surface area (Å²) in [5.74, 6) is 0.170. The first kappa shape index (κ1) is 29.3. The third-order valence-corrected chi connectivity index (χ3v) is 3.08. The summed E-state index contributed by atoms with van der Waals surface area (Å²) < 4.78 is 9.86. The van der Waals surface area contributed by atoms with E-state index in [1.165, 1.54) is 12.5 Å². The molecule has 0 saturated heterocycles. The highest BCUT2D eigenvalue weighted by Gasteiger charge is 2.17. The maximum Gasteiger partial charge on any atom is 0.305 e. The largest absolute Gasteiger partial charge is 0.466 e. The number of esters is 1. The minimum atomic E-state index is -0.598. The third kappa shape index (κ3) is 11.2. The fourth-order valence-electron chi connectivity index (χ4n) is 1.76. The number of halogens is 1. The Labute approximate surface area is 181 Å². The summed E-state index contributed by atoms with van der Waals surface area (Å²) in [6, 6.07) is 1.17. The number of ether oxygens (including phenoxy) is 1. The van der Waals surface area contributed by atoms with Gasteiger partial charge >= 0.3 is 5.97 Å². The molecule has 0 bridgehead atoms. The molecular formula is C19H29ClN4O6. The lowest BCUT2D eigenvalue weighted by Gasteiger charge is -1.99. The number of carbonyl (C=O) groups excluding carboxylic acids is 2. The van der Waals surface area contributed by atoms with Crippen LogP contribution in [0, 0.1) is 10.1 Å². The van der Waals surface area contributed by atoms with E-state index >= 15 is 0 Å². The fourth-order valence-corrected chi connectivity index (χ4v) is 2.01. The fraction of sp³-hybridized carbons (Fsp3) is 0.526. The standard InChI is InChI=1S/C13H13ClN4O5.C3H8.C2H6.CH2O/c1-2-22-11(19)5-3-4-10-16-13(17-23-10)12-9(14)6-8(7-15-12)18(20)21;1-3-2;2*1-2/h6-7H,2-5H2,1H3;3H2,1-2H3;1-2H3;1H2. The molecule has 2 aromatic heterocycles. The first-order valence-electron chi connectivity index (χ1n) is 9.50. The molecule has 30 heavy (non-hydrogen) atoms. The zero-order valence-corrected chi connectivity index (χ0v) is 18.8. The smallest absolute Gasteiger partial charge is 0.305 e. The van der Waals surface area contributed by atoms with Crippen molar-refractivity contribution >= 4 is 30.0 Å². The molecule has 11 heteroatoms. The molecule has 0 amide bonds. The van der Waals surface area contributed by atoms with Gasteiger partial charge in [0.05, 0.1) is 16.6 Å². The van der Waals surface area contributed by atoms with Gasteiger partial charge in [0, 0.05) is 18.9 Å². The summed E-state index contributed by atoms with van der Waals surface area (Å²) in [6.07, 6.45) is 3.47. The summed E-state index contributed by atoms with van der Waals surface area (Å²) in [5, 5.41) is 14.4. The molecule has 2 heterocycles. The Morgan fingerprint density at radius 1 is 1.30 bits per heavy atom. The van der Waals surface area contributed by atoms with Crippen LogP contribution in [-0.2, 0) is 20.7 Å². The molecule has 0 aliphatic carbocycles. The molecule has 0 spiro atoms. The predicted octanol–water partition coefficient (Wildman–Crippen LogP) is 4.84. The van der Waals surface area contributed by atoms with Crippen LogP contribution in [0.25, 0.3) is 11.5 Å². The van der Waals surface area contributed by atoms with Crippen LogP contribution in [0.4, 0.5) is 5.69 Å². The molecule has 2 aromatic rings. The van der Waals surface area contributed by atoms with E-state index in [1.807, 2.05) is 20.6 Å². The monoisotopic (exact) mass is 444 g/mol. The van der Waals surface area contributed by atoms with Gasteiger partial charge in [0.25, 0.3) is 5.69 Å². The zero-order valence-electron chi connectivity index (χ0n) is 18.0. The van der Waals surface area contributed by atoms with Gasteiger partial charge in [0.15, 0.2) is 0 Å². The van der Waals surface area contributed by atoms with Crippen LogP contribution in [0.3, 0.4) is 0 Å². The lowest BCUT2D eigenvalue weighted by Crippen LogP contribution is -2.04. The van der Waals surface area contributed by atoms with Gasteiger partial charge in [0.1, 0.15) is 18.7 Å². The van der Waals surface area contributed by atoms with Crippen molar-refractivity contribution in [2.75, 3.05) is 6.61 Å². The predicted molar refractivity (Wildman–Crippen MR) is 113 cm³/mol. The molecule has 0 radical (unpaired) electrons. The maximum atomic E-state index is 11.2. The quantitative estimate of drug-likeness (QED) is 0.333. The second kappa shape index (κ2) is 18.2. The number of nitrogens with zero attached hydrogens (tertiary/aromatic N) is 4. The van der Waals surface area contributed by atoms with Crippen molar-refractivity contribution in [2.24, 2.45) is 0 Å². The van der Waals surface area contributed by atoms with Gasteiger partial charge in [0.2, 0.25) is 11.7 Å². The van der Waals surface area contributed by atoms with Gasteiger partial charge in [-0.25, -0.2) is 4.98 Å². The molecular weight excluding hydrogens is 416 g/mol. The SMILES string of the molecule is C=O.CC.CCC.CCOC(=O)CCCc1nc(-c2ncc([N+](=O)[O-])cc2Cl)no1. The molecule has 0 saturated carbocycles. The average molecular weight is 445 g/mol. The van der Waals surface area contributed by atoms with E-state index in [1.54, 1.807) is 6.92 Å². The second-order valence-corrected chi connectivity index (χ2v) is 5.57. The van der Waals surface area contributed by atoms with E-state index < -0.39 is 4.92 Å². The van der Waals surface area contributed by atoms with Gasteiger partial charge in [-0.05, 0) is 13.3 Å².